The van der Waals surface area contributed by atoms with Crippen LogP contribution in [0.4, 0.5) is 0 Å². The van der Waals surface area contributed by atoms with E-state index in [2.05, 4.69) is 55.3 Å². The molecule has 0 saturated carbocycles. The Morgan fingerprint density at radius 1 is 1.02 bits per heavy atom. The largest absolute Gasteiger partial charge is 0.379 e. The molecule has 11 nitrogen and oxygen atoms in total. The van der Waals surface area contributed by atoms with Crippen molar-refractivity contribution in [1.82, 2.24) is 25.0 Å². The number of aromatic nitrogens is 1. The summed E-state index contributed by atoms with van der Waals surface area (Å²) >= 11 is 1.51. The van der Waals surface area contributed by atoms with Crippen molar-refractivity contribution in [3.63, 3.8) is 0 Å². The van der Waals surface area contributed by atoms with E-state index < -0.39 is 35.6 Å². The molecule has 308 valence electrons. The first-order valence-corrected chi connectivity index (χ1v) is 20.8. The maximum atomic E-state index is 14.3. The number of amides is 3. The number of nitrogens with one attached hydrogen (secondary N) is 1. The Balaban J connectivity index is 1.79. The summed E-state index contributed by atoms with van der Waals surface area (Å²) in [6.45, 7) is 16.3. The Labute approximate surface area is 334 Å². The molecule has 1 aliphatic heterocycles. The van der Waals surface area contributed by atoms with Crippen molar-refractivity contribution < 1.29 is 28.7 Å². The summed E-state index contributed by atoms with van der Waals surface area (Å²) in [6.07, 6.45) is 3.71. The van der Waals surface area contributed by atoms with Crippen molar-refractivity contribution in [3.05, 3.63) is 52.0 Å². The number of aryl methyl sites for hydroxylation is 1. The van der Waals surface area contributed by atoms with E-state index in [-0.39, 0.29) is 60.3 Å². The summed E-state index contributed by atoms with van der Waals surface area (Å²) in [6, 6.07) is 7.29. The summed E-state index contributed by atoms with van der Waals surface area (Å²) in [5.74, 6) is -1.46. The molecule has 3 rings (SSSR count). The lowest BCUT2D eigenvalue weighted by Crippen LogP contribution is -2.55. The van der Waals surface area contributed by atoms with Crippen LogP contribution in [0.5, 0.6) is 0 Å². The molecule has 8 atom stereocenters. The minimum Gasteiger partial charge on any atom is -0.379 e. The van der Waals surface area contributed by atoms with Gasteiger partial charge >= 0.3 is 0 Å². The Hall–Kier alpha value is -3.19. The van der Waals surface area contributed by atoms with E-state index in [9.17, 15) is 19.2 Å². The van der Waals surface area contributed by atoms with Gasteiger partial charge in [0, 0.05) is 51.7 Å². The number of hydrogen-bond donors (Lipinski definition) is 1. The molecule has 1 N–H and O–H groups in total. The Bertz CT molecular complexity index is 1530. The number of ketones is 1. The molecule has 1 aromatic carbocycles. The number of hydrogen-bond acceptors (Lipinski definition) is 9. The number of benzene rings is 1. The number of Topliss-reactive ketones (excluding diaryl/α,β-unsaturated/α-hetero) is 1. The SMILES string of the molecule is CC[C@H](C)[C@@H]([C@@H](CC(=O)N1CCC[C@H]1[C@H](OC)[C@@H](C)C(=O)N[C@@H](Cc1ccc(C)cc1)c1nccs1)OC)N(C)C(=O)[C@@H](CC(=O)C(C)(C)N(C)C)C(C)C. The van der Waals surface area contributed by atoms with E-state index >= 15 is 0 Å². The predicted octanol–water partition coefficient (Wildman–Crippen LogP) is 6.34. The number of carbonyl (C=O) groups is 4. The molecule has 1 saturated heterocycles. The fourth-order valence-electron chi connectivity index (χ4n) is 7.74. The van der Waals surface area contributed by atoms with Crippen LogP contribution < -0.4 is 5.32 Å². The number of rotatable bonds is 21. The standard InChI is InChI=1S/C43H69N5O6S/c1-14-29(5)38(47(11)42(52)32(27(2)3)25-36(49)43(7,8)46(9)10)35(53-12)26-37(50)48-22-15-16-34(48)39(54-13)30(6)40(51)45-33(41-44-21-23-55-41)24-31-19-17-28(4)18-20-31/h17-21,23,27,29-30,32-35,38-39H,14-16,22,24-26H2,1-13H3,(H,45,51)/t29-,30+,32-,33-,34-,35+,38-,39+/m0/s1. The third-order valence-electron chi connectivity index (χ3n) is 12.2. The number of likely N-dealkylation sites (N-methyl/N-ethyl adjacent to an activating group) is 2. The topological polar surface area (TPSA) is 121 Å². The van der Waals surface area contributed by atoms with Gasteiger partial charge in [-0.1, -0.05) is 70.9 Å². The van der Waals surface area contributed by atoms with E-state index in [4.69, 9.17) is 9.47 Å². The van der Waals surface area contributed by atoms with E-state index in [0.717, 1.165) is 23.4 Å². The summed E-state index contributed by atoms with van der Waals surface area (Å²) in [4.78, 5) is 66.0. The molecule has 0 bridgehead atoms. The zero-order valence-corrected chi connectivity index (χ0v) is 36.6. The number of nitrogens with zero attached hydrogens (tertiary/aromatic N) is 4. The van der Waals surface area contributed by atoms with E-state index in [0.29, 0.717) is 19.4 Å². The Morgan fingerprint density at radius 2 is 1.67 bits per heavy atom. The van der Waals surface area contributed by atoms with Gasteiger partial charge in [-0.05, 0) is 71.5 Å². The molecule has 55 heavy (non-hydrogen) atoms. The van der Waals surface area contributed by atoms with Gasteiger partial charge < -0.3 is 24.6 Å². The number of methoxy groups -OCH3 is 2. The minimum absolute atomic E-state index is 0.0113. The molecule has 1 aromatic heterocycles. The normalized spacial score (nSPS) is 18.7. The van der Waals surface area contributed by atoms with Gasteiger partial charge in [-0.25, -0.2) is 4.98 Å². The lowest BCUT2D eigenvalue weighted by Gasteiger charge is -2.41. The van der Waals surface area contributed by atoms with Crippen LogP contribution in [0.15, 0.2) is 35.8 Å². The molecule has 0 aliphatic carbocycles. The lowest BCUT2D eigenvalue weighted by molar-refractivity contribution is -0.149. The van der Waals surface area contributed by atoms with Crippen LogP contribution in [-0.4, -0.2) is 115 Å². The van der Waals surface area contributed by atoms with Crippen LogP contribution in [0.2, 0.25) is 0 Å². The van der Waals surface area contributed by atoms with Gasteiger partial charge in [-0.2, -0.15) is 0 Å². The highest BCUT2D eigenvalue weighted by Crippen LogP contribution is 2.32. The fraction of sp³-hybridized carbons (Fsp3) is 0.698. The fourth-order valence-corrected chi connectivity index (χ4v) is 8.43. The summed E-state index contributed by atoms with van der Waals surface area (Å²) < 4.78 is 12.1. The van der Waals surface area contributed by atoms with E-state index in [1.807, 2.05) is 63.9 Å². The zero-order valence-electron chi connectivity index (χ0n) is 35.8. The van der Waals surface area contributed by atoms with E-state index in [1.54, 1.807) is 32.4 Å². The molecule has 0 spiro atoms. The first-order valence-electron chi connectivity index (χ1n) is 20.0. The zero-order chi connectivity index (χ0) is 41.2. The molecule has 2 aromatic rings. The van der Waals surface area contributed by atoms with Crippen LogP contribution in [-0.2, 0) is 35.1 Å². The van der Waals surface area contributed by atoms with E-state index in [1.165, 1.54) is 16.9 Å². The van der Waals surface area contributed by atoms with Gasteiger partial charge in [0.15, 0.2) is 5.78 Å². The highest BCUT2D eigenvalue weighted by Gasteiger charge is 2.43. The molecule has 12 heteroatoms. The van der Waals surface area contributed by atoms with Gasteiger partial charge in [0.1, 0.15) is 5.01 Å². The number of thiazole rings is 1. The smallest absolute Gasteiger partial charge is 0.226 e. The average Bonchev–Trinajstić information content (AvgIpc) is 3.87. The van der Waals surface area contributed by atoms with Gasteiger partial charge in [0.2, 0.25) is 17.7 Å². The van der Waals surface area contributed by atoms with Gasteiger partial charge in [0.25, 0.3) is 0 Å². The summed E-state index contributed by atoms with van der Waals surface area (Å²) in [5.41, 5.74) is 1.57. The summed E-state index contributed by atoms with van der Waals surface area (Å²) in [5, 5.41) is 6.00. The first kappa shape index (κ1) is 46.2. The number of likely N-dealkylation sites (tertiary alicyclic amines) is 1. The van der Waals surface area contributed by atoms with Crippen LogP contribution in [0, 0.1) is 30.6 Å². The van der Waals surface area contributed by atoms with Gasteiger partial charge in [-0.15, -0.1) is 11.3 Å². The van der Waals surface area contributed by atoms with Gasteiger partial charge in [0.05, 0.1) is 48.2 Å². The number of ether oxygens (including phenoxy) is 2. The highest BCUT2D eigenvalue weighted by atomic mass is 32.1. The second-order valence-electron chi connectivity index (χ2n) is 16.6. The molecule has 3 amide bonds. The maximum Gasteiger partial charge on any atom is 0.226 e. The minimum atomic E-state index is -0.710. The second kappa shape index (κ2) is 20.8. The van der Waals surface area contributed by atoms with Crippen molar-refractivity contribution in [1.29, 1.82) is 0 Å². The van der Waals surface area contributed by atoms with Crippen molar-refractivity contribution in [2.24, 2.45) is 23.7 Å². The van der Waals surface area contributed by atoms with Crippen molar-refractivity contribution in [2.75, 3.05) is 41.9 Å². The summed E-state index contributed by atoms with van der Waals surface area (Å²) in [7, 11) is 8.73. The molecular weight excluding hydrogens is 715 g/mol. The van der Waals surface area contributed by atoms with Crippen molar-refractivity contribution in [2.45, 2.75) is 130 Å². The highest BCUT2D eigenvalue weighted by molar-refractivity contribution is 7.09. The molecule has 2 heterocycles. The number of carbonyl (C=O) groups excluding carboxylic acids is 4. The molecular formula is C43H69N5O6S. The third kappa shape index (κ3) is 11.7. The van der Waals surface area contributed by atoms with Crippen molar-refractivity contribution in [3.8, 4) is 0 Å². The third-order valence-corrected chi connectivity index (χ3v) is 13.1. The average molecular weight is 784 g/mol. The molecule has 0 radical (unpaired) electrons. The van der Waals surface area contributed by atoms with Crippen LogP contribution in [0.25, 0.3) is 0 Å². The van der Waals surface area contributed by atoms with Crippen LogP contribution >= 0.6 is 11.3 Å². The lowest BCUT2D eigenvalue weighted by atomic mass is 9.82. The van der Waals surface area contributed by atoms with Crippen LogP contribution in [0.3, 0.4) is 0 Å². The second-order valence-corrected chi connectivity index (χ2v) is 17.6. The first-order chi connectivity index (χ1) is 25.9. The molecule has 1 fully saturated rings. The Kier molecular flexibility index (Phi) is 17.5. The van der Waals surface area contributed by atoms with Gasteiger partial charge in [-0.3, -0.25) is 24.1 Å². The Morgan fingerprint density at radius 3 is 2.20 bits per heavy atom. The quantitative estimate of drug-likeness (QED) is 0.156. The van der Waals surface area contributed by atoms with Crippen LogP contribution in [0.1, 0.15) is 103 Å². The monoisotopic (exact) mass is 783 g/mol. The molecule has 1 aliphatic rings. The predicted molar refractivity (Wildman–Crippen MR) is 220 cm³/mol. The maximum absolute atomic E-state index is 14.3. The molecule has 0 unspecified atom stereocenters. The van der Waals surface area contributed by atoms with Crippen molar-refractivity contribution >= 4 is 34.8 Å².